The molecule has 0 bridgehead atoms. The summed E-state index contributed by atoms with van der Waals surface area (Å²) in [7, 11) is 0. The van der Waals surface area contributed by atoms with Crippen molar-refractivity contribution >= 4 is 70.2 Å². The van der Waals surface area contributed by atoms with E-state index in [1.54, 1.807) is 27.8 Å². The van der Waals surface area contributed by atoms with Crippen LogP contribution in [0.4, 0.5) is 0 Å². The molecule has 10 heteroatoms. The molecule has 3 aliphatic rings. The molecule has 0 unspecified atom stereocenters. The number of aromatic nitrogens is 1. The van der Waals surface area contributed by atoms with Crippen molar-refractivity contribution < 1.29 is 28.9 Å². The normalized spacial score (nSPS) is 23.1. The number of β-lactam (4-membered cyclic amide) rings is 1. The Labute approximate surface area is 217 Å². The molecule has 3 amide bonds. The van der Waals surface area contributed by atoms with Crippen LogP contribution in [0.1, 0.15) is 18.9 Å². The number of allylic oxidation sites excluding steroid dienone is 2. The van der Waals surface area contributed by atoms with Gasteiger partial charge in [-0.1, -0.05) is 18.2 Å². The van der Waals surface area contributed by atoms with E-state index >= 15 is 0 Å². The molecule has 0 radical (unpaired) electrons. The van der Waals surface area contributed by atoms with Gasteiger partial charge >= 0.3 is 35.5 Å². The Morgan fingerprint density at radius 2 is 1.97 bits per heavy atom. The molecule has 3 aliphatic heterocycles. The van der Waals surface area contributed by atoms with Crippen LogP contribution < -0.4 is 10.3 Å². The molecule has 0 aliphatic carbocycles. The first kappa shape index (κ1) is 24.1. The molecule has 0 spiro atoms. The molecule has 5 rings (SSSR count). The summed E-state index contributed by atoms with van der Waals surface area (Å²) in [6.07, 6.45) is 5.74. The quantitative estimate of drug-likeness (QED) is 0.354. The summed E-state index contributed by atoms with van der Waals surface area (Å²) >= 11 is 0. The molecular formula is C24H24N4NaO5+. The van der Waals surface area contributed by atoms with Gasteiger partial charge in [0.15, 0.2) is 6.20 Å². The Kier molecular flexibility index (Phi) is 6.37. The van der Waals surface area contributed by atoms with Crippen LogP contribution in [-0.2, 0) is 25.7 Å². The minimum atomic E-state index is -1.16. The van der Waals surface area contributed by atoms with E-state index in [4.69, 9.17) is 5.73 Å². The molecular weight excluding hydrogens is 447 g/mol. The van der Waals surface area contributed by atoms with Gasteiger partial charge in [0.2, 0.25) is 18.0 Å². The number of carbonyl (C=O) groups excluding carboxylic acids is 3. The predicted molar refractivity (Wildman–Crippen MR) is 124 cm³/mol. The second-order valence-electron chi connectivity index (χ2n) is 8.72. The van der Waals surface area contributed by atoms with Crippen LogP contribution in [0.2, 0.25) is 0 Å². The summed E-state index contributed by atoms with van der Waals surface area (Å²) in [5, 5.41) is 10.8. The Morgan fingerprint density at radius 1 is 1.24 bits per heavy atom. The molecule has 4 heterocycles. The Balaban J connectivity index is 0.00000274. The minimum absolute atomic E-state index is 0. The van der Waals surface area contributed by atoms with Crippen molar-refractivity contribution in [3.8, 4) is 0 Å². The molecule has 34 heavy (non-hydrogen) atoms. The Hall–Kier alpha value is -3.01. The van der Waals surface area contributed by atoms with Gasteiger partial charge in [-0.2, -0.15) is 4.57 Å². The SMILES string of the molecule is CC(=O)N1C[C@H]2CC(/C=C/c3cc4ccccc4[n+](CC(N)=O)c3)=C(C(=O)O)N3C(=O)[C@@H]1[C@@H]23.[NaH]. The molecule has 3 N–H and O–H groups in total. The predicted octanol–water partition coefficient (Wildman–Crippen LogP) is -0.223. The van der Waals surface area contributed by atoms with Gasteiger partial charge in [0.05, 0.1) is 6.04 Å². The summed E-state index contributed by atoms with van der Waals surface area (Å²) in [4.78, 5) is 51.3. The number of nitrogens with two attached hydrogens (primary N) is 1. The molecule has 1 aromatic carbocycles. The van der Waals surface area contributed by atoms with E-state index in [0.29, 0.717) is 18.5 Å². The number of hydrogen-bond acceptors (Lipinski definition) is 4. The van der Waals surface area contributed by atoms with Gasteiger partial charge in [-0.3, -0.25) is 19.3 Å². The van der Waals surface area contributed by atoms with Crippen molar-refractivity contribution in [1.29, 1.82) is 0 Å². The fraction of sp³-hybridized carbons (Fsp3) is 0.292. The van der Waals surface area contributed by atoms with Gasteiger partial charge in [-0.05, 0) is 30.2 Å². The van der Waals surface area contributed by atoms with Crippen molar-refractivity contribution in [1.82, 2.24) is 9.80 Å². The number of fused-ring (bicyclic) bond motifs is 1. The molecule has 0 saturated carbocycles. The van der Waals surface area contributed by atoms with Gasteiger partial charge < -0.3 is 15.7 Å². The number of carbonyl (C=O) groups is 4. The number of nitrogens with zero attached hydrogens (tertiary/aromatic N) is 3. The van der Waals surface area contributed by atoms with Crippen LogP contribution in [0.3, 0.4) is 0 Å². The number of amides is 3. The summed E-state index contributed by atoms with van der Waals surface area (Å²) in [6, 6.07) is 8.69. The van der Waals surface area contributed by atoms with E-state index < -0.39 is 17.9 Å². The zero-order chi connectivity index (χ0) is 23.4. The number of carboxylic acids is 1. The third kappa shape index (κ3) is 3.83. The fourth-order valence-electron chi connectivity index (χ4n) is 5.37. The van der Waals surface area contributed by atoms with Crippen LogP contribution >= 0.6 is 0 Å². The van der Waals surface area contributed by atoms with Gasteiger partial charge in [0.25, 0.3) is 11.8 Å². The number of carboxylic acid groups (broad SMARTS) is 1. The first-order valence-electron chi connectivity index (χ1n) is 10.7. The number of benzene rings is 1. The number of rotatable bonds is 5. The maximum atomic E-state index is 12.8. The van der Waals surface area contributed by atoms with Gasteiger partial charge in [-0.25, -0.2) is 4.79 Å². The monoisotopic (exact) mass is 471 g/mol. The van der Waals surface area contributed by atoms with E-state index in [0.717, 1.165) is 16.5 Å². The van der Waals surface area contributed by atoms with Crippen LogP contribution in [-0.4, -0.2) is 86.8 Å². The molecule has 170 valence electrons. The Morgan fingerprint density at radius 3 is 2.65 bits per heavy atom. The van der Waals surface area contributed by atoms with Crippen LogP contribution in [0.25, 0.3) is 17.0 Å². The van der Waals surface area contributed by atoms with Gasteiger partial charge in [-0.15, -0.1) is 0 Å². The Bertz CT molecular complexity index is 1300. The summed E-state index contributed by atoms with van der Waals surface area (Å²) in [6.45, 7) is 1.88. The summed E-state index contributed by atoms with van der Waals surface area (Å²) < 4.78 is 1.76. The zero-order valence-corrected chi connectivity index (χ0v) is 18.0. The maximum absolute atomic E-state index is 12.8. The topological polar surface area (TPSA) is 125 Å². The van der Waals surface area contributed by atoms with E-state index in [2.05, 4.69) is 0 Å². The van der Waals surface area contributed by atoms with Crippen LogP contribution in [0, 0.1) is 5.92 Å². The van der Waals surface area contributed by atoms with Gasteiger partial charge in [0, 0.05) is 36.4 Å². The number of aliphatic carboxylic acids is 1. The van der Waals surface area contributed by atoms with Crippen molar-refractivity contribution in [2.45, 2.75) is 32.0 Å². The zero-order valence-electron chi connectivity index (χ0n) is 18.0. The average Bonchev–Trinajstić information content (AvgIpc) is 3.13. The second-order valence-corrected chi connectivity index (χ2v) is 8.72. The summed E-state index contributed by atoms with van der Waals surface area (Å²) in [5.41, 5.74) is 7.54. The molecule has 2 saturated heterocycles. The van der Waals surface area contributed by atoms with Crippen LogP contribution in [0.15, 0.2) is 53.9 Å². The van der Waals surface area contributed by atoms with Gasteiger partial charge in [0.1, 0.15) is 11.7 Å². The van der Waals surface area contributed by atoms with Crippen molar-refractivity contribution in [2.75, 3.05) is 6.54 Å². The van der Waals surface area contributed by atoms with E-state index in [1.807, 2.05) is 30.3 Å². The second kappa shape index (κ2) is 8.98. The number of likely N-dealkylation sites (tertiary alicyclic amines) is 1. The number of pyridine rings is 1. The van der Waals surface area contributed by atoms with Crippen molar-refractivity contribution in [3.63, 3.8) is 0 Å². The fourth-order valence-corrected chi connectivity index (χ4v) is 5.37. The van der Waals surface area contributed by atoms with E-state index in [1.165, 1.54) is 11.8 Å². The third-order valence-electron chi connectivity index (χ3n) is 6.67. The van der Waals surface area contributed by atoms with Crippen LogP contribution in [0.5, 0.6) is 0 Å². The standard InChI is InChI=1S/C24H22N4O5.Na.H/c1-13(29)27-11-17-9-16(21(24(32)33)28-20(17)22(27)23(28)31)7-6-14-8-15-4-2-3-5-18(15)26(10-14)12-19(25)30;;/h2-8,10,17,20,22H,9,11-12H2,1H3,(H2-,25,30,32,33);;/p+1/b7-6+;;/t17-,20-,22+;;/m1../s1. The first-order valence-corrected chi connectivity index (χ1v) is 10.7. The third-order valence-corrected chi connectivity index (χ3v) is 6.67. The van der Waals surface area contributed by atoms with E-state index in [9.17, 15) is 24.3 Å². The number of primary amides is 1. The number of para-hydroxylation sites is 1. The van der Waals surface area contributed by atoms with Crippen molar-refractivity contribution in [2.24, 2.45) is 11.7 Å². The average molecular weight is 471 g/mol. The van der Waals surface area contributed by atoms with Crippen molar-refractivity contribution in [3.05, 3.63) is 59.4 Å². The molecule has 9 nitrogen and oxygen atoms in total. The molecule has 1 aromatic heterocycles. The van der Waals surface area contributed by atoms with E-state index in [-0.39, 0.29) is 65.6 Å². The first-order chi connectivity index (χ1) is 15.8. The number of hydrogen-bond donors (Lipinski definition) is 2. The summed E-state index contributed by atoms with van der Waals surface area (Å²) in [5.74, 6) is -2.15. The molecule has 3 atom stereocenters. The molecule has 2 fully saturated rings. The molecule has 2 aromatic rings.